The van der Waals surface area contributed by atoms with E-state index in [0.717, 1.165) is 0 Å². The first-order chi connectivity index (χ1) is 7.58. The summed E-state index contributed by atoms with van der Waals surface area (Å²) in [5, 5.41) is 8.69. The molecule has 0 unspecified atom stereocenters. The molecule has 1 aromatic carbocycles. The number of rotatable bonds is 4. The fourth-order valence-electron chi connectivity index (χ4n) is 1.33. The Bertz CT molecular complexity index is 455. The third-order valence-corrected chi connectivity index (χ3v) is 2.41. The summed E-state index contributed by atoms with van der Waals surface area (Å²) in [7, 11) is 0. The van der Waals surface area contributed by atoms with Gasteiger partial charge in [-0.15, -0.1) is 0 Å². The first-order valence-electron chi connectivity index (χ1n) is 5.09. The fourth-order valence-corrected chi connectivity index (χ4v) is 1.33. The van der Waals surface area contributed by atoms with E-state index in [1.165, 1.54) is 6.07 Å². The number of carbonyl (C=O) groups is 2. The van der Waals surface area contributed by atoms with Gasteiger partial charge in [0.15, 0.2) is 0 Å². The van der Waals surface area contributed by atoms with Crippen LogP contribution in [0.1, 0.15) is 35.3 Å². The van der Waals surface area contributed by atoms with Crippen LogP contribution in [-0.2, 0) is 11.2 Å². The van der Waals surface area contributed by atoms with Crippen LogP contribution < -0.4 is 0 Å². The molecule has 1 aromatic rings. The van der Waals surface area contributed by atoms with Gasteiger partial charge in [0.2, 0.25) is 0 Å². The average molecular weight is 215 g/mol. The SMILES string of the molecule is CC(C)C(=O)Cc1ccc(C#N)cc1C=O. The number of hydrogen-bond acceptors (Lipinski definition) is 3. The lowest BCUT2D eigenvalue weighted by atomic mass is 9.96. The van der Waals surface area contributed by atoms with Gasteiger partial charge < -0.3 is 0 Å². The van der Waals surface area contributed by atoms with Crippen molar-refractivity contribution in [2.24, 2.45) is 5.92 Å². The number of hydrogen-bond donors (Lipinski definition) is 0. The molecule has 0 amide bonds. The van der Waals surface area contributed by atoms with Crippen LogP contribution in [0.15, 0.2) is 18.2 Å². The molecule has 0 aliphatic carbocycles. The normalized spacial score (nSPS) is 9.88. The maximum absolute atomic E-state index is 11.6. The molecule has 82 valence electrons. The molecule has 0 aliphatic heterocycles. The lowest BCUT2D eigenvalue weighted by molar-refractivity contribution is -0.121. The Hall–Kier alpha value is -1.95. The number of benzene rings is 1. The van der Waals surface area contributed by atoms with Crippen LogP contribution in [0.25, 0.3) is 0 Å². The molecule has 0 aromatic heterocycles. The summed E-state index contributed by atoms with van der Waals surface area (Å²) in [4.78, 5) is 22.4. The van der Waals surface area contributed by atoms with Crippen molar-refractivity contribution >= 4 is 12.1 Å². The molecule has 1 rings (SSSR count). The third-order valence-electron chi connectivity index (χ3n) is 2.41. The van der Waals surface area contributed by atoms with E-state index in [0.29, 0.717) is 23.0 Å². The Kier molecular flexibility index (Phi) is 3.96. The summed E-state index contributed by atoms with van der Waals surface area (Å²) >= 11 is 0. The highest BCUT2D eigenvalue weighted by Gasteiger charge is 2.11. The number of ketones is 1. The second kappa shape index (κ2) is 5.22. The van der Waals surface area contributed by atoms with E-state index in [9.17, 15) is 9.59 Å². The van der Waals surface area contributed by atoms with Gasteiger partial charge in [0, 0.05) is 17.9 Å². The zero-order chi connectivity index (χ0) is 12.1. The number of aldehydes is 1. The molecule has 16 heavy (non-hydrogen) atoms. The molecular formula is C13H13NO2. The van der Waals surface area contributed by atoms with Crippen molar-refractivity contribution in [1.82, 2.24) is 0 Å². The van der Waals surface area contributed by atoms with Gasteiger partial charge in [-0.1, -0.05) is 19.9 Å². The van der Waals surface area contributed by atoms with Crippen molar-refractivity contribution in [2.75, 3.05) is 0 Å². The second-order valence-corrected chi connectivity index (χ2v) is 3.94. The van der Waals surface area contributed by atoms with Gasteiger partial charge in [0.25, 0.3) is 0 Å². The molecule has 0 saturated heterocycles. The summed E-state index contributed by atoms with van der Waals surface area (Å²) in [6, 6.07) is 6.76. The molecule has 0 heterocycles. The Morgan fingerprint density at radius 1 is 1.50 bits per heavy atom. The zero-order valence-corrected chi connectivity index (χ0v) is 9.36. The van der Waals surface area contributed by atoms with Crippen molar-refractivity contribution in [3.8, 4) is 6.07 Å². The van der Waals surface area contributed by atoms with Gasteiger partial charge in [-0.25, -0.2) is 0 Å². The van der Waals surface area contributed by atoms with E-state index in [2.05, 4.69) is 0 Å². The lowest BCUT2D eigenvalue weighted by Gasteiger charge is -2.06. The highest BCUT2D eigenvalue weighted by Crippen LogP contribution is 2.12. The highest BCUT2D eigenvalue weighted by molar-refractivity contribution is 5.86. The third kappa shape index (κ3) is 2.77. The Morgan fingerprint density at radius 3 is 2.69 bits per heavy atom. The van der Waals surface area contributed by atoms with Crippen LogP contribution in [0.4, 0.5) is 0 Å². The lowest BCUT2D eigenvalue weighted by Crippen LogP contribution is -2.11. The largest absolute Gasteiger partial charge is 0.299 e. The molecule has 3 heteroatoms. The van der Waals surface area contributed by atoms with E-state index < -0.39 is 0 Å². The van der Waals surface area contributed by atoms with Crippen LogP contribution in [0.3, 0.4) is 0 Å². The van der Waals surface area contributed by atoms with Crippen molar-refractivity contribution in [2.45, 2.75) is 20.3 Å². The van der Waals surface area contributed by atoms with Gasteiger partial charge in [0.05, 0.1) is 11.6 Å². The summed E-state index contributed by atoms with van der Waals surface area (Å²) in [5.41, 5.74) is 1.54. The maximum Gasteiger partial charge on any atom is 0.150 e. The Morgan fingerprint density at radius 2 is 2.19 bits per heavy atom. The maximum atomic E-state index is 11.6. The minimum atomic E-state index is -0.0462. The smallest absolute Gasteiger partial charge is 0.150 e. The molecule has 0 radical (unpaired) electrons. The second-order valence-electron chi connectivity index (χ2n) is 3.94. The molecule has 3 nitrogen and oxygen atoms in total. The number of nitrogens with zero attached hydrogens (tertiary/aromatic N) is 1. The van der Waals surface area contributed by atoms with Crippen molar-refractivity contribution in [1.29, 1.82) is 5.26 Å². The molecule has 0 spiro atoms. The first-order valence-corrected chi connectivity index (χ1v) is 5.09. The van der Waals surface area contributed by atoms with E-state index in [-0.39, 0.29) is 18.1 Å². The Balaban J connectivity index is 3.02. The summed E-state index contributed by atoms with van der Waals surface area (Å²) < 4.78 is 0. The van der Waals surface area contributed by atoms with Gasteiger partial charge in [0.1, 0.15) is 12.1 Å². The summed E-state index contributed by atoms with van der Waals surface area (Å²) in [6.07, 6.45) is 0.932. The van der Waals surface area contributed by atoms with Crippen molar-refractivity contribution in [3.05, 3.63) is 34.9 Å². The van der Waals surface area contributed by atoms with Crippen molar-refractivity contribution in [3.63, 3.8) is 0 Å². The minimum Gasteiger partial charge on any atom is -0.299 e. The van der Waals surface area contributed by atoms with Crippen LogP contribution >= 0.6 is 0 Å². The molecule has 0 atom stereocenters. The predicted octanol–water partition coefficient (Wildman–Crippen LogP) is 2.14. The minimum absolute atomic E-state index is 0.0462. The van der Waals surface area contributed by atoms with Crippen molar-refractivity contribution < 1.29 is 9.59 Å². The fraction of sp³-hybridized carbons (Fsp3) is 0.308. The van der Waals surface area contributed by atoms with Crippen LogP contribution in [0.2, 0.25) is 0 Å². The molecule has 0 saturated carbocycles. The summed E-state index contributed by atoms with van der Waals surface area (Å²) in [6.45, 7) is 3.65. The van der Waals surface area contributed by atoms with Gasteiger partial charge in [-0.2, -0.15) is 5.26 Å². The topological polar surface area (TPSA) is 57.9 Å². The Labute approximate surface area is 94.7 Å². The van der Waals surface area contributed by atoms with E-state index >= 15 is 0 Å². The van der Waals surface area contributed by atoms with Crippen LogP contribution in [0, 0.1) is 17.2 Å². The zero-order valence-electron chi connectivity index (χ0n) is 9.36. The quantitative estimate of drug-likeness (QED) is 0.723. The molecule has 0 bridgehead atoms. The van der Waals surface area contributed by atoms with Gasteiger partial charge in [-0.05, 0) is 17.7 Å². The number of Topliss-reactive ketones (excluding diaryl/α,β-unsaturated/α-hetero) is 1. The number of carbonyl (C=O) groups excluding carboxylic acids is 2. The van der Waals surface area contributed by atoms with Crippen LogP contribution in [0.5, 0.6) is 0 Å². The van der Waals surface area contributed by atoms with E-state index in [4.69, 9.17) is 5.26 Å². The summed E-state index contributed by atoms with van der Waals surface area (Å²) in [5.74, 6) is 0.0444. The monoisotopic (exact) mass is 215 g/mol. The van der Waals surface area contributed by atoms with E-state index in [1.807, 2.05) is 19.9 Å². The molecule has 0 aliphatic rings. The molecule has 0 N–H and O–H groups in total. The van der Waals surface area contributed by atoms with E-state index in [1.54, 1.807) is 12.1 Å². The standard InChI is InChI=1S/C13H13NO2/c1-9(2)13(16)6-11-4-3-10(7-14)5-12(11)8-15/h3-5,8-9H,6H2,1-2H3. The average Bonchev–Trinajstić information content (AvgIpc) is 2.29. The number of nitriles is 1. The van der Waals surface area contributed by atoms with Gasteiger partial charge >= 0.3 is 0 Å². The van der Waals surface area contributed by atoms with Crippen LogP contribution in [-0.4, -0.2) is 12.1 Å². The highest BCUT2D eigenvalue weighted by atomic mass is 16.1. The first kappa shape index (κ1) is 12.1. The molecular weight excluding hydrogens is 202 g/mol. The molecule has 0 fully saturated rings. The predicted molar refractivity (Wildman–Crippen MR) is 60.1 cm³/mol. The van der Waals surface area contributed by atoms with Gasteiger partial charge in [-0.3, -0.25) is 9.59 Å².